The van der Waals surface area contributed by atoms with Gasteiger partial charge in [0.2, 0.25) is 0 Å². The molecule has 0 fully saturated rings. The monoisotopic (exact) mass is 379 g/mol. The number of rotatable bonds is 7. The zero-order valence-electron chi connectivity index (χ0n) is 14.2. The van der Waals surface area contributed by atoms with Crippen LogP contribution in [0.5, 0.6) is 11.5 Å². The quantitative estimate of drug-likeness (QED) is 0.765. The minimum absolute atomic E-state index is 0.00894. The summed E-state index contributed by atoms with van der Waals surface area (Å²) in [5.74, 6) is -0.891. The van der Waals surface area contributed by atoms with E-state index >= 15 is 0 Å². The molecule has 138 valence electrons. The molecule has 2 aromatic rings. The van der Waals surface area contributed by atoms with E-state index in [1.165, 1.54) is 26.4 Å². The molecule has 0 saturated heterocycles. The first-order valence-electron chi connectivity index (χ1n) is 7.57. The van der Waals surface area contributed by atoms with Gasteiger partial charge in [-0.2, -0.15) is 0 Å². The van der Waals surface area contributed by atoms with Crippen LogP contribution in [0.2, 0.25) is 5.02 Å². The van der Waals surface area contributed by atoms with Crippen LogP contribution in [0.1, 0.15) is 17.2 Å². The fourth-order valence-electron chi connectivity index (χ4n) is 2.33. The molecule has 26 heavy (non-hydrogen) atoms. The van der Waals surface area contributed by atoms with E-state index in [0.717, 1.165) is 5.56 Å². The Hall–Kier alpha value is -2.93. The first kappa shape index (κ1) is 19.4. The molecule has 1 atom stereocenters. The summed E-state index contributed by atoms with van der Waals surface area (Å²) in [5.41, 5.74) is 0.914. The second-order valence-electron chi connectivity index (χ2n) is 5.21. The van der Waals surface area contributed by atoms with Crippen molar-refractivity contribution < 1.29 is 28.9 Å². The number of alkyl carbamates (subject to hydrolysis) is 1. The molecular formula is C18H18ClNO6. The molecule has 2 N–H and O–H groups in total. The Labute approximate surface area is 155 Å². The third-order valence-corrected chi connectivity index (χ3v) is 3.72. The van der Waals surface area contributed by atoms with Gasteiger partial charge in [0, 0.05) is 16.7 Å². The van der Waals surface area contributed by atoms with Crippen LogP contribution in [-0.2, 0) is 16.1 Å². The molecule has 0 aliphatic rings. The molecule has 0 radical (unpaired) electrons. The van der Waals surface area contributed by atoms with Gasteiger partial charge in [0.25, 0.3) is 0 Å². The average Bonchev–Trinajstić information content (AvgIpc) is 2.64. The van der Waals surface area contributed by atoms with E-state index in [1.54, 1.807) is 24.3 Å². The Balaban J connectivity index is 2.20. The van der Waals surface area contributed by atoms with Crippen molar-refractivity contribution in [2.45, 2.75) is 12.6 Å². The van der Waals surface area contributed by atoms with E-state index in [1.807, 2.05) is 6.07 Å². The number of nitrogens with one attached hydrogen (secondary N) is 1. The topological polar surface area (TPSA) is 94.1 Å². The van der Waals surface area contributed by atoms with Crippen LogP contribution in [0, 0.1) is 0 Å². The molecule has 7 nitrogen and oxygen atoms in total. The van der Waals surface area contributed by atoms with Crippen LogP contribution in [-0.4, -0.2) is 31.4 Å². The maximum absolute atomic E-state index is 12.0. The molecule has 0 aliphatic carbocycles. The molecule has 0 unspecified atom stereocenters. The third-order valence-electron chi connectivity index (χ3n) is 3.51. The highest BCUT2D eigenvalue weighted by molar-refractivity contribution is 6.30. The number of carboxylic acid groups (broad SMARTS) is 1. The molecule has 0 aliphatic heterocycles. The van der Waals surface area contributed by atoms with Crippen molar-refractivity contribution in [1.29, 1.82) is 0 Å². The summed E-state index contributed by atoms with van der Waals surface area (Å²) in [6.07, 6.45) is -0.887. The van der Waals surface area contributed by atoms with Crippen LogP contribution in [0.3, 0.4) is 0 Å². The van der Waals surface area contributed by atoms with E-state index < -0.39 is 18.1 Å². The zero-order valence-corrected chi connectivity index (χ0v) is 14.9. The summed E-state index contributed by atoms with van der Waals surface area (Å²) < 4.78 is 15.4. The SMILES string of the molecule is COc1cc(Cl)cc([C@H](NC(=O)OCc2ccccc2)C(=O)O)c1OC. The molecule has 0 heterocycles. The van der Waals surface area contributed by atoms with Gasteiger partial charge in [-0.15, -0.1) is 0 Å². The predicted molar refractivity (Wildman–Crippen MR) is 94.7 cm³/mol. The predicted octanol–water partition coefficient (Wildman–Crippen LogP) is 3.41. The van der Waals surface area contributed by atoms with E-state index in [0.29, 0.717) is 0 Å². The third kappa shape index (κ3) is 4.80. The minimum atomic E-state index is -1.43. The Morgan fingerprint density at radius 3 is 2.42 bits per heavy atom. The maximum atomic E-state index is 12.0. The highest BCUT2D eigenvalue weighted by atomic mass is 35.5. The van der Waals surface area contributed by atoms with Gasteiger partial charge in [-0.25, -0.2) is 9.59 Å². The first-order chi connectivity index (χ1) is 12.5. The molecule has 0 bridgehead atoms. The summed E-state index contributed by atoms with van der Waals surface area (Å²) in [4.78, 5) is 23.7. The fourth-order valence-corrected chi connectivity index (χ4v) is 2.55. The lowest BCUT2D eigenvalue weighted by Gasteiger charge is -2.19. The Morgan fingerprint density at radius 2 is 1.85 bits per heavy atom. The largest absolute Gasteiger partial charge is 0.493 e. The van der Waals surface area contributed by atoms with Crippen molar-refractivity contribution in [3.63, 3.8) is 0 Å². The van der Waals surface area contributed by atoms with E-state index in [4.69, 9.17) is 25.8 Å². The highest BCUT2D eigenvalue weighted by Crippen LogP contribution is 2.38. The van der Waals surface area contributed by atoms with E-state index in [2.05, 4.69) is 5.32 Å². The van der Waals surface area contributed by atoms with Crippen LogP contribution in [0.25, 0.3) is 0 Å². The second-order valence-corrected chi connectivity index (χ2v) is 5.64. The van der Waals surface area contributed by atoms with Crippen molar-refractivity contribution >= 4 is 23.7 Å². The number of carboxylic acids is 1. The molecule has 0 aromatic heterocycles. The Kier molecular flexibility index (Phi) is 6.68. The Bertz CT molecular complexity index is 781. The highest BCUT2D eigenvalue weighted by Gasteiger charge is 2.28. The number of benzene rings is 2. The van der Waals surface area contributed by atoms with E-state index in [9.17, 15) is 14.7 Å². The second kappa shape index (κ2) is 8.96. The van der Waals surface area contributed by atoms with E-state index in [-0.39, 0.29) is 28.7 Å². The number of hydrogen-bond acceptors (Lipinski definition) is 5. The van der Waals surface area contributed by atoms with Gasteiger partial charge in [0.1, 0.15) is 6.61 Å². The van der Waals surface area contributed by atoms with Crippen molar-refractivity contribution in [2.75, 3.05) is 14.2 Å². The minimum Gasteiger partial charge on any atom is -0.493 e. The lowest BCUT2D eigenvalue weighted by Crippen LogP contribution is -2.34. The Morgan fingerprint density at radius 1 is 1.15 bits per heavy atom. The smallest absolute Gasteiger partial charge is 0.408 e. The van der Waals surface area contributed by atoms with Crippen molar-refractivity contribution in [3.8, 4) is 11.5 Å². The van der Waals surface area contributed by atoms with Gasteiger partial charge in [0.15, 0.2) is 17.5 Å². The number of hydrogen-bond donors (Lipinski definition) is 2. The number of ether oxygens (including phenoxy) is 3. The maximum Gasteiger partial charge on any atom is 0.408 e. The molecule has 8 heteroatoms. The molecule has 1 amide bonds. The van der Waals surface area contributed by atoms with Crippen molar-refractivity contribution in [2.24, 2.45) is 0 Å². The van der Waals surface area contributed by atoms with Crippen LogP contribution < -0.4 is 14.8 Å². The lowest BCUT2D eigenvalue weighted by molar-refractivity contribution is -0.139. The molecule has 0 spiro atoms. The normalized spacial score (nSPS) is 11.3. The molecule has 0 saturated carbocycles. The molecule has 2 rings (SSSR count). The molecule has 2 aromatic carbocycles. The van der Waals surface area contributed by atoms with Crippen LogP contribution in [0.15, 0.2) is 42.5 Å². The number of carbonyl (C=O) groups excluding carboxylic acids is 1. The standard InChI is InChI=1S/C18H18ClNO6/c1-24-14-9-12(19)8-13(16(14)25-2)15(17(21)22)20-18(23)26-10-11-6-4-3-5-7-11/h3-9,15H,10H2,1-2H3,(H,20,23)(H,21,22)/t15-/m0/s1. The summed E-state index contributed by atoms with van der Waals surface area (Å²) in [5, 5.41) is 12.1. The van der Waals surface area contributed by atoms with Crippen molar-refractivity contribution in [1.82, 2.24) is 5.32 Å². The first-order valence-corrected chi connectivity index (χ1v) is 7.95. The lowest BCUT2D eigenvalue weighted by atomic mass is 10.1. The number of carbonyl (C=O) groups is 2. The zero-order chi connectivity index (χ0) is 19.1. The van der Waals surface area contributed by atoms with Gasteiger partial charge < -0.3 is 24.6 Å². The van der Waals surface area contributed by atoms with Crippen LogP contribution >= 0.6 is 11.6 Å². The fraction of sp³-hybridized carbons (Fsp3) is 0.222. The molecular weight excluding hydrogens is 362 g/mol. The number of halogens is 1. The summed E-state index contributed by atoms with van der Waals surface area (Å²) in [6.45, 7) is 0.00894. The average molecular weight is 380 g/mol. The van der Waals surface area contributed by atoms with Crippen molar-refractivity contribution in [3.05, 3.63) is 58.6 Å². The number of methoxy groups -OCH3 is 2. The van der Waals surface area contributed by atoms with Gasteiger partial charge in [-0.05, 0) is 11.6 Å². The summed E-state index contributed by atoms with van der Waals surface area (Å²) in [7, 11) is 2.76. The number of amides is 1. The van der Waals surface area contributed by atoms with Gasteiger partial charge >= 0.3 is 12.1 Å². The summed E-state index contributed by atoms with van der Waals surface area (Å²) >= 11 is 6.01. The summed E-state index contributed by atoms with van der Waals surface area (Å²) in [6, 6.07) is 10.5. The van der Waals surface area contributed by atoms with Crippen LogP contribution in [0.4, 0.5) is 4.79 Å². The van der Waals surface area contributed by atoms with Gasteiger partial charge in [-0.1, -0.05) is 41.9 Å². The van der Waals surface area contributed by atoms with Gasteiger partial charge in [0.05, 0.1) is 14.2 Å². The number of aliphatic carboxylic acids is 1. The van der Waals surface area contributed by atoms with Gasteiger partial charge in [-0.3, -0.25) is 0 Å².